The lowest BCUT2D eigenvalue weighted by Gasteiger charge is -2.22. The standard InChI is InChI=1S/C15H18F2N2S/c1-19(2)6-5-12-9-18-8-11-3-4-13(7-14(11)12)20-10-15(16)17/h7,9,15,18H,5-6,8,10H2,1-2H3. The fourth-order valence-electron chi connectivity index (χ4n) is 2.02. The summed E-state index contributed by atoms with van der Waals surface area (Å²) in [7, 11) is 4.07. The number of nitrogens with zero attached hydrogens (tertiary/aromatic N) is 1. The Hall–Kier alpha value is -1.25. The SMILES string of the molecule is CN(C)CCC1=CNCC2=C=C=C(SCC(F)F)C=C21. The average molecular weight is 296 g/mol. The van der Waals surface area contributed by atoms with Crippen molar-refractivity contribution >= 4 is 11.8 Å². The van der Waals surface area contributed by atoms with E-state index in [4.69, 9.17) is 0 Å². The molecule has 0 fully saturated rings. The van der Waals surface area contributed by atoms with Gasteiger partial charge >= 0.3 is 0 Å². The Balaban J connectivity index is 2.13. The molecular weight excluding hydrogens is 278 g/mol. The van der Waals surface area contributed by atoms with Crippen LogP contribution in [0.5, 0.6) is 0 Å². The smallest absolute Gasteiger partial charge is 0.247 e. The maximum absolute atomic E-state index is 12.3. The summed E-state index contributed by atoms with van der Waals surface area (Å²) in [5.74, 6) is -0.196. The van der Waals surface area contributed by atoms with Gasteiger partial charge in [0, 0.05) is 24.9 Å². The molecule has 0 saturated carbocycles. The molecule has 2 rings (SSSR count). The number of allylic oxidation sites excluding steroid dienone is 1. The minimum Gasteiger partial charge on any atom is -0.386 e. The fourth-order valence-corrected chi connectivity index (χ4v) is 2.65. The molecule has 0 bridgehead atoms. The third kappa shape index (κ3) is 4.12. The monoisotopic (exact) mass is 296 g/mol. The number of hydrogen-bond acceptors (Lipinski definition) is 3. The zero-order valence-corrected chi connectivity index (χ0v) is 12.5. The van der Waals surface area contributed by atoms with Crippen molar-refractivity contribution in [2.75, 3.05) is 32.9 Å². The molecule has 1 N–H and O–H groups in total. The Bertz CT molecular complexity index is 534. The Kier molecular flexibility index (Phi) is 5.27. The van der Waals surface area contributed by atoms with E-state index in [2.05, 4.69) is 21.7 Å². The summed E-state index contributed by atoms with van der Waals surface area (Å²) in [6.45, 7) is 1.67. The first-order valence-corrected chi connectivity index (χ1v) is 7.50. The van der Waals surface area contributed by atoms with Crippen LogP contribution in [0.3, 0.4) is 0 Å². The lowest BCUT2D eigenvalue weighted by molar-refractivity contribution is 0.177. The number of hydrogen-bond donors (Lipinski definition) is 1. The van der Waals surface area contributed by atoms with Crippen molar-refractivity contribution in [1.29, 1.82) is 0 Å². The molecule has 0 aromatic rings. The Morgan fingerprint density at radius 1 is 1.40 bits per heavy atom. The lowest BCUT2D eigenvalue weighted by atomic mass is 9.92. The molecule has 5 heteroatoms. The molecule has 108 valence electrons. The van der Waals surface area contributed by atoms with Crippen molar-refractivity contribution < 1.29 is 8.78 Å². The number of fused-ring (bicyclic) bond motifs is 1. The van der Waals surface area contributed by atoms with Crippen molar-refractivity contribution in [3.05, 3.63) is 45.4 Å². The van der Waals surface area contributed by atoms with E-state index in [0.717, 1.165) is 47.3 Å². The summed E-state index contributed by atoms with van der Waals surface area (Å²) >= 11 is 1.13. The van der Waals surface area contributed by atoms with E-state index in [1.807, 2.05) is 26.4 Å². The average Bonchev–Trinajstić information content (AvgIpc) is 2.42. The van der Waals surface area contributed by atoms with Gasteiger partial charge in [0.25, 0.3) is 0 Å². The molecule has 2 aliphatic rings. The topological polar surface area (TPSA) is 15.3 Å². The van der Waals surface area contributed by atoms with Gasteiger partial charge in [-0.25, -0.2) is 8.78 Å². The van der Waals surface area contributed by atoms with E-state index in [0.29, 0.717) is 0 Å². The molecule has 0 aromatic carbocycles. The van der Waals surface area contributed by atoms with Gasteiger partial charge in [0.05, 0.1) is 10.7 Å². The molecule has 1 heterocycles. The molecular formula is C15H18F2N2S. The van der Waals surface area contributed by atoms with Crippen LogP contribution in [0.15, 0.2) is 45.4 Å². The fraction of sp³-hybridized carbons (Fsp3) is 0.467. The second kappa shape index (κ2) is 6.96. The van der Waals surface area contributed by atoms with Crippen molar-refractivity contribution in [1.82, 2.24) is 10.2 Å². The summed E-state index contributed by atoms with van der Waals surface area (Å²) in [6, 6.07) is 0. The van der Waals surface area contributed by atoms with E-state index < -0.39 is 6.43 Å². The summed E-state index contributed by atoms with van der Waals surface area (Å²) in [5.41, 5.74) is 9.42. The van der Waals surface area contributed by atoms with Gasteiger partial charge in [0.1, 0.15) is 0 Å². The van der Waals surface area contributed by atoms with Crippen LogP contribution >= 0.6 is 11.8 Å². The second-order valence-corrected chi connectivity index (χ2v) is 6.02. The van der Waals surface area contributed by atoms with Gasteiger partial charge in [0.15, 0.2) is 0 Å². The van der Waals surface area contributed by atoms with E-state index in [9.17, 15) is 8.78 Å². The largest absolute Gasteiger partial charge is 0.386 e. The van der Waals surface area contributed by atoms with Crippen molar-refractivity contribution in [2.45, 2.75) is 12.8 Å². The number of thioether (sulfide) groups is 1. The zero-order chi connectivity index (χ0) is 14.5. The van der Waals surface area contributed by atoms with Crippen LogP contribution in [0.2, 0.25) is 0 Å². The predicted octanol–water partition coefficient (Wildman–Crippen LogP) is 2.93. The molecule has 0 unspecified atom stereocenters. The second-order valence-electron chi connectivity index (χ2n) is 4.96. The van der Waals surface area contributed by atoms with Crippen LogP contribution < -0.4 is 5.32 Å². The highest BCUT2D eigenvalue weighted by Gasteiger charge is 2.18. The number of rotatable bonds is 6. The summed E-state index contributed by atoms with van der Waals surface area (Å²) in [6.07, 6.45) is 2.60. The molecule has 20 heavy (non-hydrogen) atoms. The van der Waals surface area contributed by atoms with Crippen LogP contribution in [0, 0.1) is 0 Å². The molecule has 0 atom stereocenters. The highest BCUT2D eigenvalue weighted by atomic mass is 32.2. The molecule has 0 aromatic heterocycles. The van der Waals surface area contributed by atoms with Crippen molar-refractivity contribution in [3.8, 4) is 0 Å². The summed E-state index contributed by atoms with van der Waals surface area (Å²) in [4.78, 5) is 2.86. The van der Waals surface area contributed by atoms with E-state index in [1.54, 1.807) is 0 Å². The van der Waals surface area contributed by atoms with E-state index in [1.165, 1.54) is 5.57 Å². The van der Waals surface area contributed by atoms with Gasteiger partial charge in [-0.3, -0.25) is 0 Å². The maximum Gasteiger partial charge on any atom is 0.247 e. The molecule has 0 saturated heterocycles. The van der Waals surface area contributed by atoms with Gasteiger partial charge in [-0.2, -0.15) is 0 Å². The Labute approximate surface area is 122 Å². The van der Waals surface area contributed by atoms with Crippen LogP contribution in [-0.2, 0) is 0 Å². The highest BCUT2D eigenvalue weighted by Crippen LogP contribution is 2.31. The Morgan fingerprint density at radius 2 is 2.20 bits per heavy atom. The van der Waals surface area contributed by atoms with Gasteiger partial charge in [-0.1, -0.05) is 11.5 Å². The van der Waals surface area contributed by atoms with Crippen molar-refractivity contribution in [3.63, 3.8) is 0 Å². The third-order valence-corrected chi connectivity index (χ3v) is 3.98. The number of nitrogens with one attached hydrogen (secondary N) is 1. The normalized spacial score (nSPS) is 17.3. The molecule has 1 aliphatic heterocycles. The van der Waals surface area contributed by atoms with Gasteiger partial charge < -0.3 is 10.2 Å². The van der Waals surface area contributed by atoms with Gasteiger partial charge in [-0.05, 0) is 37.7 Å². The molecule has 0 spiro atoms. The van der Waals surface area contributed by atoms with E-state index in [-0.39, 0.29) is 5.75 Å². The highest BCUT2D eigenvalue weighted by molar-refractivity contribution is 8.03. The molecule has 0 amide bonds. The number of halogens is 2. The molecule has 2 nitrogen and oxygen atoms in total. The minimum atomic E-state index is -2.30. The quantitative estimate of drug-likeness (QED) is 0.759. The van der Waals surface area contributed by atoms with Crippen LogP contribution in [0.25, 0.3) is 0 Å². The summed E-state index contributed by atoms with van der Waals surface area (Å²) < 4.78 is 24.5. The first-order chi connectivity index (χ1) is 9.56. The third-order valence-electron chi connectivity index (χ3n) is 3.03. The Morgan fingerprint density at radius 3 is 2.90 bits per heavy atom. The molecule has 0 radical (unpaired) electrons. The van der Waals surface area contributed by atoms with Crippen molar-refractivity contribution in [2.24, 2.45) is 0 Å². The van der Waals surface area contributed by atoms with Gasteiger partial charge in [0.2, 0.25) is 6.43 Å². The van der Waals surface area contributed by atoms with E-state index >= 15 is 0 Å². The predicted molar refractivity (Wildman–Crippen MR) is 79.9 cm³/mol. The minimum absolute atomic E-state index is 0.196. The first kappa shape index (κ1) is 15.1. The molecule has 1 aliphatic carbocycles. The number of alkyl halides is 2. The van der Waals surface area contributed by atoms with Crippen LogP contribution in [0.4, 0.5) is 8.78 Å². The van der Waals surface area contributed by atoms with Crippen LogP contribution in [-0.4, -0.2) is 44.3 Å². The maximum atomic E-state index is 12.3. The zero-order valence-electron chi connectivity index (χ0n) is 11.7. The van der Waals surface area contributed by atoms with Gasteiger partial charge in [-0.15, -0.1) is 11.8 Å². The summed E-state index contributed by atoms with van der Waals surface area (Å²) in [5, 5.41) is 3.23. The first-order valence-electron chi connectivity index (χ1n) is 6.51. The lowest BCUT2D eigenvalue weighted by Crippen LogP contribution is -2.22. The van der Waals surface area contributed by atoms with Crippen LogP contribution in [0.1, 0.15) is 6.42 Å².